The van der Waals surface area contributed by atoms with Gasteiger partial charge >= 0.3 is 0 Å². The molecule has 2 aromatic rings. The molecule has 1 saturated heterocycles. The Morgan fingerprint density at radius 1 is 1.67 bits per heavy atom. The summed E-state index contributed by atoms with van der Waals surface area (Å²) in [6.07, 6.45) is 1.84. The van der Waals surface area contributed by atoms with Crippen LogP contribution in [0.1, 0.15) is 12.5 Å². The molecule has 7 heteroatoms. The van der Waals surface area contributed by atoms with Crippen LogP contribution in [0.15, 0.2) is 23.7 Å². The van der Waals surface area contributed by atoms with Gasteiger partial charge in [0.15, 0.2) is 5.60 Å². The Morgan fingerprint density at radius 2 is 2.52 bits per heavy atom. The number of nitrogens with zero attached hydrogens (tertiary/aromatic N) is 2. The van der Waals surface area contributed by atoms with Gasteiger partial charge in [-0.05, 0) is 18.4 Å². The number of aromatic amines is 1. The van der Waals surface area contributed by atoms with Crippen molar-refractivity contribution in [2.24, 2.45) is 5.73 Å². The Morgan fingerprint density at radius 3 is 3.24 bits per heavy atom. The summed E-state index contributed by atoms with van der Waals surface area (Å²) in [6, 6.07) is 4.08. The number of amides is 1. The second kappa shape index (κ2) is 5.59. The van der Waals surface area contributed by atoms with Gasteiger partial charge in [0.1, 0.15) is 0 Å². The first-order valence-corrected chi connectivity index (χ1v) is 7.69. The van der Waals surface area contributed by atoms with Crippen molar-refractivity contribution in [2.75, 3.05) is 19.7 Å². The monoisotopic (exact) mass is 306 g/mol. The molecule has 0 radical (unpaired) electrons. The highest BCUT2D eigenvalue weighted by Gasteiger charge is 2.37. The van der Waals surface area contributed by atoms with Gasteiger partial charge in [-0.3, -0.25) is 14.8 Å². The number of H-pyrrole nitrogens is 1. The second-order valence-corrected chi connectivity index (χ2v) is 6.35. The number of aromatic nitrogens is 2. The first-order chi connectivity index (χ1) is 10.1. The molecule has 2 aromatic heterocycles. The van der Waals surface area contributed by atoms with Crippen LogP contribution in [-0.4, -0.2) is 46.3 Å². The van der Waals surface area contributed by atoms with Crippen LogP contribution in [0.4, 0.5) is 0 Å². The van der Waals surface area contributed by atoms with Crippen molar-refractivity contribution in [2.45, 2.75) is 19.1 Å². The lowest BCUT2D eigenvalue weighted by Crippen LogP contribution is -2.56. The van der Waals surface area contributed by atoms with Gasteiger partial charge in [-0.1, -0.05) is 6.07 Å². The third kappa shape index (κ3) is 2.85. The van der Waals surface area contributed by atoms with E-state index in [-0.39, 0.29) is 0 Å². The molecule has 1 aliphatic rings. The van der Waals surface area contributed by atoms with Gasteiger partial charge < -0.3 is 10.5 Å². The van der Waals surface area contributed by atoms with Gasteiger partial charge in [0, 0.05) is 25.2 Å². The summed E-state index contributed by atoms with van der Waals surface area (Å²) in [5.41, 5.74) is 6.68. The highest BCUT2D eigenvalue weighted by Crippen LogP contribution is 2.27. The Labute approximate surface area is 126 Å². The zero-order valence-corrected chi connectivity index (χ0v) is 12.7. The van der Waals surface area contributed by atoms with E-state index in [1.54, 1.807) is 18.3 Å². The molecule has 3 rings (SSSR count). The lowest BCUT2D eigenvalue weighted by molar-refractivity contribution is -0.153. The molecule has 3 N–H and O–H groups in total. The SMILES string of the molecule is C[C@@]1(C(N)=O)CN(Cc2cn[nH]c2-c2cccs2)CCO1. The van der Waals surface area contributed by atoms with Crippen LogP contribution in [0.2, 0.25) is 0 Å². The molecular formula is C14H18N4O2S. The van der Waals surface area contributed by atoms with Crippen LogP contribution >= 0.6 is 11.3 Å². The normalized spacial score (nSPS) is 23.3. The Bertz CT molecular complexity index is 625. The number of primary amides is 1. The Hall–Kier alpha value is -1.70. The molecule has 0 aromatic carbocycles. The molecule has 3 heterocycles. The molecule has 21 heavy (non-hydrogen) atoms. The topological polar surface area (TPSA) is 84.2 Å². The average molecular weight is 306 g/mol. The van der Waals surface area contributed by atoms with E-state index in [4.69, 9.17) is 10.5 Å². The third-order valence-electron chi connectivity index (χ3n) is 3.75. The number of ether oxygens (including phenoxy) is 1. The zero-order chi connectivity index (χ0) is 14.9. The van der Waals surface area contributed by atoms with E-state index in [0.29, 0.717) is 13.2 Å². The summed E-state index contributed by atoms with van der Waals surface area (Å²) in [5.74, 6) is -0.419. The van der Waals surface area contributed by atoms with Gasteiger partial charge in [0.2, 0.25) is 0 Å². The van der Waals surface area contributed by atoms with Crippen molar-refractivity contribution in [3.05, 3.63) is 29.3 Å². The standard InChI is InChI=1S/C14H18N4O2S/c1-14(13(15)19)9-18(4-5-20-14)8-10-7-16-17-12(10)11-3-2-6-21-11/h2-3,6-7H,4-5,8-9H2,1H3,(H2,15,19)(H,16,17)/t14-/m0/s1. The van der Waals surface area contributed by atoms with Gasteiger partial charge in [-0.15, -0.1) is 11.3 Å². The van der Waals surface area contributed by atoms with Crippen LogP contribution in [0.5, 0.6) is 0 Å². The second-order valence-electron chi connectivity index (χ2n) is 5.40. The minimum absolute atomic E-state index is 0.419. The van der Waals surface area contributed by atoms with Gasteiger partial charge in [-0.2, -0.15) is 5.10 Å². The summed E-state index contributed by atoms with van der Waals surface area (Å²) < 4.78 is 5.54. The van der Waals surface area contributed by atoms with Crippen molar-refractivity contribution in [1.82, 2.24) is 15.1 Å². The number of hydrogen-bond acceptors (Lipinski definition) is 5. The summed E-state index contributed by atoms with van der Waals surface area (Å²) >= 11 is 1.67. The highest BCUT2D eigenvalue weighted by atomic mass is 32.1. The predicted molar refractivity (Wildman–Crippen MR) is 80.7 cm³/mol. The van der Waals surface area contributed by atoms with Crippen molar-refractivity contribution >= 4 is 17.2 Å². The molecule has 112 valence electrons. The van der Waals surface area contributed by atoms with Crippen molar-refractivity contribution < 1.29 is 9.53 Å². The van der Waals surface area contributed by atoms with E-state index in [9.17, 15) is 4.79 Å². The summed E-state index contributed by atoms with van der Waals surface area (Å²) in [5, 5.41) is 9.24. The fourth-order valence-corrected chi connectivity index (χ4v) is 3.30. The number of carbonyl (C=O) groups is 1. The maximum atomic E-state index is 11.5. The molecule has 1 atom stereocenters. The van der Waals surface area contributed by atoms with Gasteiger partial charge in [0.25, 0.3) is 5.91 Å². The zero-order valence-electron chi connectivity index (χ0n) is 11.8. The molecule has 0 unspecified atom stereocenters. The molecule has 0 bridgehead atoms. The lowest BCUT2D eigenvalue weighted by atomic mass is 10.0. The molecule has 0 spiro atoms. The largest absolute Gasteiger partial charge is 0.367 e. The maximum Gasteiger partial charge on any atom is 0.250 e. The minimum atomic E-state index is -0.912. The number of rotatable bonds is 4. The quantitative estimate of drug-likeness (QED) is 0.889. The fourth-order valence-electron chi connectivity index (χ4n) is 2.54. The van der Waals surface area contributed by atoms with Crippen molar-refractivity contribution in [3.63, 3.8) is 0 Å². The maximum absolute atomic E-state index is 11.5. The van der Waals surface area contributed by atoms with Gasteiger partial charge in [0.05, 0.1) is 23.4 Å². The smallest absolute Gasteiger partial charge is 0.250 e. The summed E-state index contributed by atoms with van der Waals surface area (Å²) in [6.45, 7) is 4.24. The van der Waals surface area contributed by atoms with E-state index in [1.807, 2.05) is 17.6 Å². The molecule has 1 aliphatic heterocycles. The summed E-state index contributed by atoms with van der Waals surface area (Å²) in [7, 11) is 0. The fraction of sp³-hybridized carbons (Fsp3) is 0.429. The van der Waals surface area contributed by atoms with Gasteiger partial charge in [-0.25, -0.2) is 0 Å². The van der Waals surface area contributed by atoms with Crippen LogP contribution in [-0.2, 0) is 16.1 Å². The number of morpholine rings is 1. The predicted octanol–water partition coefficient (Wildman–Crippen LogP) is 1.21. The van der Waals surface area contributed by atoms with E-state index in [0.717, 1.165) is 29.2 Å². The average Bonchev–Trinajstić information content (AvgIpc) is 3.08. The van der Waals surface area contributed by atoms with Crippen LogP contribution in [0.25, 0.3) is 10.6 Å². The number of nitrogens with one attached hydrogen (secondary N) is 1. The Kier molecular flexibility index (Phi) is 3.79. The van der Waals surface area contributed by atoms with E-state index in [2.05, 4.69) is 21.2 Å². The first-order valence-electron chi connectivity index (χ1n) is 6.81. The molecule has 0 saturated carbocycles. The first kappa shape index (κ1) is 14.2. The third-order valence-corrected chi connectivity index (χ3v) is 4.64. The van der Waals surface area contributed by atoms with Crippen LogP contribution < -0.4 is 5.73 Å². The van der Waals surface area contributed by atoms with Crippen LogP contribution in [0, 0.1) is 0 Å². The minimum Gasteiger partial charge on any atom is -0.367 e. The molecule has 0 aliphatic carbocycles. The highest BCUT2D eigenvalue weighted by molar-refractivity contribution is 7.13. The van der Waals surface area contributed by atoms with Crippen molar-refractivity contribution in [3.8, 4) is 10.6 Å². The summed E-state index contributed by atoms with van der Waals surface area (Å²) in [4.78, 5) is 14.9. The van der Waals surface area contributed by atoms with E-state index in [1.165, 1.54) is 0 Å². The number of nitrogens with two attached hydrogens (primary N) is 1. The Balaban J connectivity index is 1.76. The van der Waals surface area contributed by atoms with Crippen molar-refractivity contribution in [1.29, 1.82) is 0 Å². The van der Waals surface area contributed by atoms with E-state index >= 15 is 0 Å². The molecule has 1 fully saturated rings. The number of hydrogen-bond donors (Lipinski definition) is 2. The lowest BCUT2D eigenvalue weighted by Gasteiger charge is -2.38. The number of thiophene rings is 1. The number of carbonyl (C=O) groups excluding carboxylic acids is 1. The van der Waals surface area contributed by atoms with E-state index < -0.39 is 11.5 Å². The molecular weight excluding hydrogens is 288 g/mol. The molecule has 1 amide bonds. The molecule has 6 nitrogen and oxygen atoms in total. The van der Waals surface area contributed by atoms with Crippen LogP contribution in [0.3, 0.4) is 0 Å².